The van der Waals surface area contributed by atoms with Crippen molar-refractivity contribution in [1.82, 2.24) is 0 Å². The second-order valence-corrected chi connectivity index (χ2v) is 23.2. The smallest absolute Gasteiger partial charge is 0.330 e. The maximum absolute atomic E-state index is 12.7. The Hall–Kier alpha value is -1.85. The number of ether oxygens (including phenoxy) is 1. The number of ketones is 1. The Morgan fingerprint density at radius 1 is 0.850 bits per heavy atom. The van der Waals surface area contributed by atoms with Crippen molar-refractivity contribution in [1.29, 1.82) is 0 Å². The summed E-state index contributed by atoms with van der Waals surface area (Å²) in [7, 11) is -2.98. The Bertz CT molecular complexity index is 987. The molecule has 0 aliphatic heterocycles. The van der Waals surface area contributed by atoms with Crippen molar-refractivity contribution in [2.24, 2.45) is 0 Å². The van der Waals surface area contributed by atoms with Crippen LogP contribution >= 0.6 is 0 Å². The van der Waals surface area contributed by atoms with E-state index in [4.69, 9.17) is 13.6 Å². The predicted octanol–water partition coefficient (Wildman–Crippen LogP) is 7.70. The van der Waals surface area contributed by atoms with E-state index < -0.39 is 28.7 Å². The summed E-state index contributed by atoms with van der Waals surface area (Å²) in [6.45, 7) is 22.0. The third kappa shape index (κ3) is 12.8. The van der Waals surface area contributed by atoms with Crippen LogP contribution in [0, 0.1) is 0 Å². The van der Waals surface area contributed by atoms with Gasteiger partial charge in [0.25, 0.3) is 0 Å². The highest BCUT2D eigenvalue weighted by Crippen LogP contribution is 2.40. The Morgan fingerprint density at radius 3 is 1.88 bits per heavy atom. The number of allylic oxidation sites excluding steroid dienone is 1. The van der Waals surface area contributed by atoms with E-state index in [9.17, 15) is 14.7 Å². The summed E-state index contributed by atoms with van der Waals surface area (Å²) in [4.78, 5) is 24.4. The molecule has 1 N–H and O–H groups in total. The summed E-state index contributed by atoms with van der Waals surface area (Å²) in [5, 5.41) is 11.0. The molecule has 226 valence electrons. The molecule has 1 unspecified atom stereocenters. The zero-order chi connectivity index (χ0) is 30.8. The van der Waals surface area contributed by atoms with E-state index in [0.717, 1.165) is 5.56 Å². The largest absolute Gasteiger partial charge is 0.466 e. The Labute approximate surface area is 245 Å². The molecule has 0 aliphatic carbocycles. The van der Waals surface area contributed by atoms with E-state index in [1.54, 1.807) is 12.2 Å². The Balaban J connectivity index is 3.17. The molecule has 6 nitrogen and oxygen atoms in total. The number of rotatable bonds is 15. The molecule has 0 aromatic heterocycles. The van der Waals surface area contributed by atoms with Gasteiger partial charge in [0.2, 0.25) is 0 Å². The summed E-state index contributed by atoms with van der Waals surface area (Å²) in [6, 6.07) is 9.63. The standard InChI is InChI=1S/C32H54O6Si2/c1-31(2,3)39(8,9)37-28(18-15-19-30(35)36-7)24-29(38-40(10,11)32(4,5)6)23-27(34)22-26(33)21-20-25-16-13-12-14-17-25/h12-17,19-21,27-29,34H,18,22-24H2,1-11H3/b19-15-,21-20+/t27?,28-,29+/m1/s1. The first-order valence-corrected chi connectivity index (χ1v) is 20.1. The van der Waals surface area contributed by atoms with Gasteiger partial charge < -0.3 is 18.7 Å². The molecule has 0 spiro atoms. The number of benzene rings is 1. The van der Waals surface area contributed by atoms with Gasteiger partial charge in [-0.3, -0.25) is 4.79 Å². The Morgan fingerprint density at radius 2 is 1.38 bits per heavy atom. The number of aliphatic hydroxyl groups is 1. The van der Waals surface area contributed by atoms with Crippen LogP contribution in [0.1, 0.15) is 72.8 Å². The van der Waals surface area contributed by atoms with E-state index in [1.165, 1.54) is 19.3 Å². The average molecular weight is 591 g/mol. The van der Waals surface area contributed by atoms with Gasteiger partial charge >= 0.3 is 5.97 Å². The topological polar surface area (TPSA) is 82.1 Å². The molecule has 0 saturated heterocycles. The highest BCUT2D eigenvalue weighted by Gasteiger charge is 2.42. The molecule has 8 heteroatoms. The van der Waals surface area contributed by atoms with Gasteiger partial charge in [-0.1, -0.05) is 84.0 Å². The maximum Gasteiger partial charge on any atom is 0.330 e. The molecule has 1 aromatic rings. The molecule has 40 heavy (non-hydrogen) atoms. The molecular formula is C32H54O6Si2. The average Bonchev–Trinajstić information content (AvgIpc) is 2.81. The predicted molar refractivity (Wildman–Crippen MR) is 170 cm³/mol. The highest BCUT2D eigenvalue weighted by atomic mass is 28.4. The number of hydrogen-bond donors (Lipinski definition) is 1. The molecule has 0 aliphatic rings. The van der Waals surface area contributed by atoms with Crippen LogP contribution in [-0.2, 0) is 23.2 Å². The van der Waals surface area contributed by atoms with Crippen LogP contribution in [0.2, 0.25) is 36.3 Å². The number of aliphatic hydroxyl groups excluding tert-OH is 1. The van der Waals surface area contributed by atoms with Crippen LogP contribution in [0.15, 0.2) is 48.6 Å². The van der Waals surface area contributed by atoms with Crippen LogP contribution in [-0.4, -0.2) is 58.9 Å². The monoisotopic (exact) mass is 590 g/mol. The fraction of sp³-hybridized carbons (Fsp3) is 0.625. The third-order valence-electron chi connectivity index (χ3n) is 8.15. The van der Waals surface area contributed by atoms with Gasteiger partial charge in [-0.25, -0.2) is 4.79 Å². The van der Waals surface area contributed by atoms with Gasteiger partial charge in [0.15, 0.2) is 22.4 Å². The van der Waals surface area contributed by atoms with Gasteiger partial charge in [-0.15, -0.1) is 0 Å². The lowest BCUT2D eigenvalue weighted by atomic mass is 10.0. The SMILES string of the molecule is COC(=O)/C=C\C[C@H](C[C@H](CC(O)CC(=O)/C=C/c1ccccc1)O[Si](C)(C)C(C)(C)C)O[Si](C)(C)C(C)(C)C. The number of hydrogen-bond acceptors (Lipinski definition) is 6. The number of carbonyl (C=O) groups is 2. The van der Waals surface area contributed by atoms with E-state index in [-0.39, 0.29) is 34.5 Å². The van der Waals surface area contributed by atoms with Crippen LogP contribution < -0.4 is 0 Å². The van der Waals surface area contributed by atoms with Crippen molar-refractivity contribution in [3.05, 3.63) is 54.1 Å². The van der Waals surface area contributed by atoms with Crippen LogP contribution in [0.25, 0.3) is 6.08 Å². The van der Waals surface area contributed by atoms with Crippen LogP contribution in [0.5, 0.6) is 0 Å². The van der Waals surface area contributed by atoms with E-state index in [0.29, 0.717) is 19.3 Å². The van der Waals surface area contributed by atoms with E-state index >= 15 is 0 Å². The molecule has 0 bridgehead atoms. The summed E-state index contributed by atoms with van der Waals surface area (Å²) >= 11 is 0. The lowest BCUT2D eigenvalue weighted by molar-refractivity contribution is -0.134. The van der Waals surface area contributed by atoms with Crippen molar-refractivity contribution < 1.29 is 28.3 Å². The first kappa shape index (κ1) is 36.2. The summed E-state index contributed by atoms with van der Waals surface area (Å²) < 4.78 is 18.4. The fourth-order valence-electron chi connectivity index (χ4n) is 3.69. The van der Waals surface area contributed by atoms with Gasteiger partial charge in [-0.05, 0) is 67.2 Å². The van der Waals surface area contributed by atoms with Crippen molar-refractivity contribution in [3.63, 3.8) is 0 Å². The molecule has 3 atom stereocenters. The second kappa shape index (κ2) is 15.4. The van der Waals surface area contributed by atoms with Crippen molar-refractivity contribution in [2.75, 3.05) is 7.11 Å². The minimum absolute atomic E-state index is 0.00409. The third-order valence-corrected chi connectivity index (χ3v) is 17.2. The number of carbonyl (C=O) groups excluding carboxylic acids is 2. The second-order valence-electron chi connectivity index (χ2n) is 13.7. The maximum atomic E-state index is 12.7. The molecule has 1 rings (SSSR count). The van der Waals surface area contributed by atoms with Crippen molar-refractivity contribution in [3.8, 4) is 0 Å². The zero-order valence-electron chi connectivity index (χ0n) is 26.7. The molecule has 0 saturated carbocycles. The Kier molecular flexibility index (Phi) is 13.9. The first-order chi connectivity index (χ1) is 18.3. The lowest BCUT2D eigenvalue weighted by Crippen LogP contribution is -2.47. The highest BCUT2D eigenvalue weighted by molar-refractivity contribution is 6.74. The molecule has 0 fully saturated rings. The minimum atomic E-state index is -2.20. The summed E-state index contributed by atoms with van der Waals surface area (Å²) in [5.74, 6) is -0.532. The van der Waals surface area contributed by atoms with E-state index in [2.05, 4.69) is 67.7 Å². The first-order valence-electron chi connectivity index (χ1n) is 14.3. The van der Waals surface area contributed by atoms with Gasteiger partial charge in [0.1, 0.15) is 0 Å². The summed E-state index contributed by atoms with van der Waals surface area (Å²) in [5.41, 5.74) is 0.940. The molecular weight excluding hydrogens is 537 g/mol. The molecule has 0 amide bonds. The number of esters is 1. The molecule has 1 aromatic carbocycles. The summed E-state index contributed by atoms with van der Waals surface area (Å²) in [6.07, 6.45) is 6.59. The van der Waals surface area contributed by atoms with Gasteiger partial charge in [-0.2, -0.15) is 0 Å². The lowest BCUT2D eigenvalue weighted by Gasteiger charge is -2.43. The van der Waals surface area contributed by atoms with Gasteiger partial charge in [0.05, 0.1) is 19.3 Å². The van der Waals surface area contributed by atoms with Crippen LogP contribution in [0.4, 0.5) is 0 Å². The molecule has 0 heterocycles. The van der Waals surface area contributed by atoms with Crippen molar-refractivity contribution >= 4 is 34.5 Å². The fourth-order valence-corrected chi connectivity index (χ4v) is 6.45. The normalized spacial score (nSPS) is 15.8. The number of methoxy groups -OCH3 is 1. The minimum Gasteiger partial charge on any atom is -0.466 e. The zero-order valence-corrected chi connectivity index (χ0v) is 28.7. The van der Waals surface area contributed by atoms with E-state index in [1.807, 2.05) is 30.3 Å². The van der Waals surface area contributed by atoms with Crippen molar-refractivity contribution in [2.45, 2.75) is 122 Å². The molecule has 0 radical (unpaired) electrons. The van der Waals surface area contributed by atoms with Gasteiger partial charge in [0, 0.05) is 18.6 Å². The van der Waals surface area contributed by atoms with Crippen LogP contribution in [0.3, 0.4) is 0 Å². The quantitative estimate of drug-likeness (QED) is 0.128.